The van der Waals surface area contributed by atoms with Crippen LogP contribution in [-0.4, -0.2) is 72.6 Å². The Morgan fingerprint density at radius 3 is 2.43 bits per heavy atom. The van der Waals surface area contributed by atoms with Crippen molar-refractivity contribution < 1.29 is 9.59 Å². The van der Waals surface area contributed by atoms with Crippen molar-refractivity contribution in [2.24, 2.45) is 5.73 Å². The van der Waals surface area contributed by atoms with Crippen molar-refractivity contribution in [1.29, 1.82) is 0 Å². The maximum atomic E-state index is 13.7. The van der Waals surface area contributed by atoms with Crippen molar-refractivity contribution in [3.05, 3.63) is 65.2 Å². The Hall–Kier alpha value is -2.61. The highest BCUT2D eigenvalue weighted by molar-refractivity contribution is 6.30. The SMILES string of the molecule is CCCNCCN1CN(c2ccccc2)C2(CCN(C(=O)[C@H](N)Cc3ccc(Cl)cc3)CC2)C1=O. The highest BCUT2D eigenvalue weighted by Crippen LogP contribution is 2.39. The molecule has 188 valence electrons. The van der Waals surface area contributed by atoms with E-state index in [1.807, 2.05) is 52.3 Å². The van der Waals surface area contributed by atoms with Crippen LogP contribution in [0.25, 0.3) is 0 Å². The zero-order valence-electron chi connectivity index (χ0n) is 20.5. The molecular formula is C27H36ClN5O2. The third kappa shape index (κ3) is 5.63. The van der Waals surface area contributed by atoms with Gasteiger partial charge in [0.2, 0.25) is 11.8 Å². The van der Waals surface area contributed by atoms with E-state index >= 15 is 0 Å². The van der Waals surface area contributed by atoms with Gasteiger partial charge in [-0.1, -0.05) is 48.9 Å². The van der Waals surface area contributed by atoms with Crippen LogP contribution in [-0.2, 0) is 16.0 Å². The first kappa shape index (κ1) is 25.5. The Morgan fingerprint density at radius 2 is 1.77 bits per heavy atom. The van der Waals surface area contributed by atoms with E-state index in [9.17, 15) is 9.59 Å². The fourth-order valence-corrected chi connectivity index (χ4v) is 5.31. The number of halogens is 1. The fourth-order valence-electron chi connectivity index (χ4n) is 5.18. The van der Waals surface area contributed by atoms with Crippen LogP contribution in [0, 0.1) is 0 Å². The number of nitrogens with zero attached hydrogens (tertiary/aromatic N) is 3. The van der Waals surface area contributed by atoms with Gasteiger partial charge in [0.25, 0.3) is 0 Å². The van der Waals surface area contributed by atoms with Crippen LogP contribution >= 0.6 is 11.6 Å². The molecule has 2 saturated heterocycles. The molecule has 2 aliphatic heterocycles. The molecule has 2 heterocycles. The van der Waals surface area contributed by atoms with Gasteiger partial charge < -0.3 is 25.8 Å². The molecule has 2 amide bonds. The average molecular weight is 498 g/mol. The highest BCUT2D eigenvalue weighted by Gasteiger charge is 2.54. The Morgan fingerprint density at radius 1 is 1.09 bits per heavy atom. The van der Waals surface area contributed by atoms with Crippen molar-refractivity contribution in [2.45, 2.75) is 44.2 Å². The summed E-state index contributed by atoms with van der Waals surface area (Å²) in [5.74, 6) is 0.101. The molecule has 0 aliphatic carbocycles. The number of nitrogens with two attached hydrogens (primary N) is 1. The highest BCUT2D eigenvalue weighted by atomic mass is 35.5. The topological polar surface area (TPSA) is 81.9 Å². The molecule has 0 saturated carbocycles. The quantitative estimate of drug-likeness (QED) is 0.521. The van der Waals surface area contributed by atoms with Crippen molar-refractivity contribution in [3.8, 4) is 0 Å². The molecule has 1 atom stereocenters. The third-order valence-corrected chi connectivity index (χ3v) is 7.41. The van der Waals surface area contributed by atoms with Gasteiger partial charge >= 0.3 is 0 Å². The van der Waals surface area contributed by atoms with Crippen molar-refractivity contribution >= 4 is 29.1 Å². The number of rotatable bonds is 9. The second-order valence-corrected chi connectivity index (χ2v) is 9.95. The lowest BCUT2D eigenvalue weighted by atomic mass is 9.85. The second kappa shape index (κ2) is 11.4. The van der Waals surface area contributed by atoms with E-state index in [0.717, 1.165) is 30.8 Å². The van der Waals surface area contributed by atoms with Gasteiger partial charge in [-0.25, -0.2) is 0 Å². The summed E-state index contributed by atoms with van der Waals surface area (Å²) in [5, 5.41) is 4.06. The maximum Gasteiger partial charge on any atom is 0.250 e. The normalized spacial score (nSPS) is 18.4. The first-order valence-corrected chi connectivity index (χ1v) is 12.9. The lowest BCUT2D eigenvalue weighted by Gasteiger charge is -2.43. The fraction of sp³-hybridized carbons (Fsp3) is 0.481. The van der Waals surface area contributed by atoms with Gasteiger partial charge in [0.05, 0.1) is 12.7 Å². The second-order valence-electron chi connectivity index (χ2n) is 9.52. The molecular weight excluding hydrogens is 462 g/mol. The van der Waals surface area contributed by atoms with Crippen LogP contribution in [0.15, 0.2) is 54.6 Å². The Labute approximate surface area is 213 Å². The standard InChI is InChI=1S/C27H36ClN5O2/c1-2-14-30-15-18-32-20-33(23-6-4-3-5-7-23)27(26(32)35)12-16-31(17-13-27)25(34)24(29)19-21-8-10-22(28)11-9-21/h3-11,24,30H,2,12-20,29H2,1H3/t24-/m1/s1. The van der Waals surface area contributed by atoms with Crippen LogP contribution in [0.3, 0.4) is 0 Å². The third-order valence-electron chi connectivity index (χ3n) is 7.16. The molecule has 1 spiro atoms. The molecule has 7 nitrogen and oxygen atoms in total. The summed E-state index contributed by atoms with van der Waals surface area (Å²) in [6.07, 6.45) is 2.72. The minimum absolute atomic E-state index is 0.0628. The molecule has 0 bridgehead atoms. The molecule has 4 rings (SSSR count). The van der Waals surface area contributed by atoms with E-state index in [-0.39, 0.29) is 11.8 Å². The monoisotopic (exact) mass is 497 g/mol. The van der Waals surface area contributed by atoms with E-state index in [1.54, 1.807) is 0 Å². The molecule has 2 aromatic carbocycles. The van der Waals surface area contributed by atoms with Gasteiger partial charge in [-0.2, -0.15) is 0 Å². The Bertz CT molecular complexity index is 992. The average Bonchev–Trinajstić information content (AvgIpc) is 3.14. The summed E-state index contributed by atoms with van der Waals surface area (Å²) in [6.45, 7) is 6.15. The number of nitrogens with one attached hydrogen (secondary N) is 1. The number of amides is 2. The number of para-hydroxylation sites is 1. The van der Waals surface area contributed by atoms with E-state index in [2.05, 4.69) is 29.3 Å². The largest absolute Gasteiger partial charge is 0.341 e. The molecule has 2 aromatic rings. The number of likely N-dealkylation sites (tertiary alicyclic amines) is 1. The molecule has 3 N–H and O–H groups in total. The molecule has 2 aliphatic rings. The zero-order valence-corrected chi connectivity index (χ0v) is 21.2. The zero-order chi connectivity index (χ0) is 24.8. The molecule has 35 heavy (non-hydrogen) atoms. The van der Waals surface area contributed by atoms with Crippen LogP contribution in [0.1, 0.15) is 31.7 Å². The summed E-state index contributed by atoms with van der Waals surface area (Å²) >= 11 is 5.97. The predicted molar refractivity (Wildman–Crippen MR) is 140 cm³/mol. The van der Waals surface area contributed by atoms with Crippen LogP contribution in [0.5, 0.6) is 0 Å². The molecule has 2 fully saturated rings. The summed E-state index contributed by atoms with van der Waals surface area (Å²) < 4.78 is 0. The number of piperidine rings is 1. The van der Waals surface area contributed by atoms with E-state index in [4.69, 9.17) is 17.3 Å². The number of anilines is 1. The number of carbonyl (C=O) groups excluding carboxylic acids is 2. The van der Waals surface area contributed by atoms with Crippen LogP contribution < -0.4 is 16.0 Å². The molecule has 0 radical (unpaired) electrons. The van der Waals surface area contributed by atoms with E-state index in [1.165, 1.54) is 0 Å². The van der Waals surface area contributed by atoms with Crippen LogP contribution in [0.2, 0.25) is 5.02 Å². The predicted octanol–water partition coefficient (Wildman–Crippen LogP) is 2.88. The van der Waals surface area contributed by atoms with E-state index in [0.29, 0.717) is 50.6 Å². The smallest absolute Gasteiger partial charge is 0.250 e. The number of hydrogen-bond acceptors (Lipinski definition) is 5. The summed E-state index contributed by atoms with van der Waals surface area (Å²) in [7, 11) is 0. The number of benzene rings is 2. The van der Waals surface area contributed by atoms with Gasteiger partial charge in [-0.05, 0) is 62.1 Å². The summed E-state index contributed by atoms with van der Waals surface area (Å²) in [4.78, 5) is 32.9. The van der Waals surface area contributed by atoms with Gasteiger partial charge in [-0.15, -0.1) is 0 Å². The first-order chi connectivity index (χ1) is 16.9. The Kier molecular flexibility index (Phi) is 8.31. The summed E-state index contributed by atoms with van der Waals surface area (Å²) in [6, 6.07) is 16.9. The molecule has 0 aromatic heterocycles. The van der Waals surface area contributed by atoms with Crippen molar-refractivity contribution in [3.63, 3.8) is 0 Å². The lowest BCUT2D eigenvalue weighted by molar-refractivity contribution is -0.139. The number of hydrogen-bond donors (Lipinski definition) is 2. The van der Waals surface area contributed by atoms with Gasteiger partial charge in [-0.3, -0.25) is 9.59 Å². The van der Waals surface area contributed by atoms with Crippen LogP contribution in [0.4, 0.5) is 5.69 Å². The minimum atomic E-state index is -0.622. The maximum absolute atomic E-state index is 13.7. The van der Waals surface area contributed by atoms with Crippen molar-refractivity contribution in [1.82, 2.24) is 15.1 Å². The summed E-state index contributed by atoms with van der Waals surface area (Å²) in [5.41, 5.74) is 7.70. The van der Waals surface area contributed by atoms with Crippen molar-refractivity contribution in [2.75, 3.05) is 44.3 Å². The number of carbonyl (C=O) groups is 2. The van der Waals surface area contributed by atoms with Gasteiger partial charge in [0.1, 0.15) is 5.54 Å². The van der Waals surface area contributed by atoms with E-state index < -0.39 is 11.6 Å². The minimum Gasteiger partial charge on any atom is -0.341 e. The molecule has 8 heteroatoms. The Balaban J connectivity index is 1.44. The van der Waals surface area contributed by atoms with Gasteiger partial charge in [0.15, 0.2) is 0 Å². The molecule has 0 unspecified atom stereocenters. The van der Waals surface area contributed by atoms with Gasteiger partial charge in [0, 0.05) is 36.9 Å². The first-order valence-electron chi connectivity index (χ1n) is 12.6. The lowest BCUT2D eigenvalue weighted by Crippen LogP contribution is -2.59.